The molecule has 1 saturated heterocycles. The molecule has 1 N–H and O–H groups in total. The van der Waals surface area contributed by atoms with Crippen molar-refractivity contribution in [3.8, 4) is 0 Å². The average molecular weight is 380 g/mol. The highest BCUT2D eigenvalue weighted by molar-refractivity contribution is 5.91. The number of morpholine rings is 1. The number of nitrogens with zero attached hydrogens (tertiary/aromatic N) is 1. The van der Waals surface area contributed by atoms with E-state index in [4.69, 9.17) is 9.15 Å². The van der Waals surface area contributed by atoms with E-state index in [0.717, 1.165) is 49.9 Å². The van der Waals surface area contributed by atoms with Crippen LogP contribution in [0, 0.1) is 5.92 Å². The van der Waals surface area contributed by atoms with Crippen LogP contribution in [0.3, 0.4) is 0 Å². The second-order valence-electron chi connectivity index (χ2n) is 7.82. The summed E-state index contributed by atoms with van der Waals surface area (Å²) in [6.07, 6.45) is 4.46. The van der Waals surface area contributed by atoms with Gasteiger partial charge in [0.05, 0.1) is 13.2 Å². The molecule has 2 fully saturated rings. The molecular formula is C23H28N2O3. The molecule has 148 valence electrons. The molecule has 0 spiro atoms. The summed E-state index contributed by atoms with van der Waals surface area (Å²) in [7, 11) is 0. The quantitative estimate of drug-likeness (QED) is 0.746. The van der Waals surface area contributed by atoms with Crippen LogP contribution in [0.4, 0.5) is 0 Å². The molecule has 0 bridgehead atoms. The van der Waals surface area contributed by atoms with E-state index in [-0.39, 0.29) is 5.91 Å². The Morgan fingerprint density at radius 1 is 1.14 bits per heavy atom. The van der Waals surface area contributed by atoms with Crippen molar-refractivity contribution in [1.29, 1.82) is 0 Å². The van der Waals surface area contributed by atoms with Crippen molar-refractivity contribution in [2.75, 3.05) is 26.3 Å². The number of nitrogens with one attached hydrogen (secondary N) is 1. The Morgan fingerprint density at radius 2 is 1.86 bits per heavy atom. The summed E-state index contributed by atoms with van der Waals surface area (Å²) in [6.45, 7) is 7.30. The maximum Gasteiger partial charge on any atom is 0.244 e. The molecule has 5 nitrogen and oxygen atoms in total. The number of ether oxygens (including phenoxy) is 1. The van der Waals surface area contributed by atoms with Crippen LogP contribution in [0.2, 0.25) is 0 Å². The third kappa shape index (κ3) is 5.12. The zero-order valence-corrected chi connectivity index (χ0v) is 16.4. The van der Waals surface area contributed by atoms with Gasteiger partial charge in [0.25, 0.3) is 0 Å². The van der Waals surface area contributed by atoms with Gasteiger partial charge in [-0.25, -0.2) is 0 Å². The highest BCUT2D eigenvalue weighted by atomic mass is 16.5. The fourth-order valence-electron chi connectivity index (χ4n) is 3.56. The Balaban J connectivity index is 1.22. The van der Waals surface area contributed by atoms with Crippen LogP contribution >= 0.6 is 0 Å². The molecule has 2 heterocycles. The molecule has 1 aliphatic carbocycles. The van der Waals surface area contributed by atoms with Gasteiger partial charge in [-0.05, 0) is 41.7 Å². The normalized spacial score (nSPS) is 22.5. The fourth-order valence-corrected chi connectivity index (χ4v) is 3.56. The lowest BCUT2D eigenvalue weighted by Gasteiger charge is -2.26. The van der Waals surface area contributed by atoms with E-state index in [1.54, 1.807) is 6.08 Å². The molecule has 28 heavy (non-hydrogen) atoms. The van der Waals surface area contributed by atoms with Crippen LogP contribution in [0.1, 0.15) is 41.9 Å². The lowest BCUT2D eigenvalue weighted by Crippen LogP contribution is -2.35. The number of amides is 1. The first-order chi connectivity index (χ1) is 13.7. The van der Waals surface area contributed by atoms with Crippen LogP contribution in [0.15, 0.2) is 46.9 Å². The van der Waals surface area contributed by atoms with Crippen LogP contribution in [-0.4, -0.2) is 37.1 Å². The van der Waals surface area contributed by atoms with Gasteiger partial charge in [0.2, 0.25) is 5.91 Å². The van der Waals surface area contributed by atoms with Crippen LogP contribution < -0.4 is 5.32 Å². The van der Waals surface area contributed by atoms with Crippen molar-refractivity contribution >= 4 is 12.0 Å². The summed E-state index contributed by atoms with van der Waals surface area (Å²) in [4.78, 5) is 14.5. The molecule has 2 unspecified atom stereocenters. The first kappa shape index (κ1) is 19.0. The summed E-state index contributed by atoms with van der Waals surface area (Å²) >= 11 is 0. The van der Waals surface area contributed by atoms with Crippen molar-refractivity contribution < 1.29 is 13.9 Å². The lowest BCUT2D eigenvalue weighted by molar-refractivity contribution is -0.116. The van der Waals surface area contributed by atoms with Crippen molar-refractivity contribution in [3.63, 3.8) is 0 Å². The minimum Gasteiger partial charge on any atom is -0.461 e. The highest BCUT2D eigenvalue weighted by Crippen LogP contribution is 2.47. The number of benzene rings is 1. The monoisotopic (exact) mass is 380 g/mol. The van der Waals surface area contributed by atoms with Gasteiger partial charge in [-0.3, -0.25) is 9.69 Å². The Labute approximate surface area is 166 Å². The van der Waals surface area contributed by atoms with Gasteiger partial charge in [0.1, 0.15) is 11.5 Å². The zero-order valence-electron chi connectivity index (χ0n) is 16.4. The zero-order chi connectivity index (χ0) is 19.3. The molecule has 1 aromatic carbocycles. The van der Waals surface area contributed by atoms with Crippen LogP contribution in [0.25, 0.3) is 6.08 Å². The predicted molar refractivity (Wildman–Crippen MR) is 109 cm³/mol. The topological polar surface area (TPSA) is 54.7 Å². The van der Waals surface area contributed by atoms with E-state index in [1.807, 2.05) is 12.1 Å². The van der Waals surface area contributed by atoms with Gasteiger partial charge in [-0.2, -0.15) is 0 Å². The summed E-state index contributed by atoms with van der Waals surface area (Å²) in [5, 5.41) is 2.92. The van der Waals surface area contributed by atoms with Gasteiger partial charge in [0.15, 0.2) is 0 Å². The number of hydrogen-bond donors (Lipinski definition) is 1. The Bertz CT molecular complexity index is 819. The van der Waals surface area contributed by atoms with Gasteiger partial charge in [-0.1, -0.05) is 31.2 Å². The second-order valence-corrected chi connectivity index (χ2v) is 7.82. The number of rotatable bonds is 7. The van der Waals surface area contributed by atoms with Gasteiger partial charge in [-0.15, -0.1) is 0 Å². The third-order valence-electron chi connectivity index (χ3n) is 5.52. The molecule has 0 radical (unpaired) electrons. The molecule has 1 aromatic heterocycles. The minimum atomic E-state index is -0.116. The third-order valence-corrected chi connectivity index (χ3v) is 5.52. The molecule has 2 atom stereocenters. The molecule has 2 aliphatic rings. The van der Waals surface area contributed by atoms with E-state index in [9.17, 15) is 4.79 Å². The molecule has 1 aliphatic heterocycles. The largest absolute Gasteiger partial charge is 0.461 e. The summed E-state index contributed by atoms with van der Waals surface area (Å²) in [5.41, 5.74) is 2.38. The number of hydrogen-bond acceptors (Lipinski definition) is 4. The first-order valence-corrected chi connectivity index (χ1v) is 10.1. The van der Waals surface area contributed by atoms with Crippen molar-refractivity contribution in [2.45, 2.75) is 32.4 Å². The van der Waals surface area contributed by atoms with Gasteiger partial charge < -0.3 is 14.5 Å². The highest BCUT2D eigenvalue weighted by Gasteiger charge is 2.36. The van der Waals surface area contributed by atoms with Crippen molar-refractivity contribution in [3.05, 3.63) is 65.1 Å². The molecular weight excluding hydrogens is 352 g/mol. The lowest BCUT2D eigenvalue weighted by atomic mass is 10.1. The Morgan fingerprint density at radius 3 is 2.57 bits per heavy atom. The number of carbonyl (C=O) groups excluding carboxylic acids is 1. The van der Waals surface area contributed by atoms with E-state index in [0.29, 0.717) is 18.4 Å². The smallest absolute Gasteiger partial charge is 0.244 e. The maximum absolute atomic E-state index is 12.1. The van der Waals surface area contributed by atoms with Crippen molar-refractivity contribution in [2.24, 2.45) is 5.92 Å². The number of furan rings is 1. The minimum absolute atomic E-state index is 0.116. The summed E-state index contributed by atoms with van der Waals surface area (Å²) < 4.78 is 11.2. The predicted octanol–water partition coefficient (Wildman–Crippen LogP) is 3.56. The SMILES string of the molecule is CC1CC1c1ccc(C=CC(=O)NCc2ccc(CN3CCOCC3)cc2)o1. The average Bonchev–Trinajstić information content (AvgIpc) is 3.26. The molecule has 2 aromatic rings. The first-order valence-electron chi connectivity index (χ1n) is 10.1. The summed E-state index contributed by atoms with van der Waals surface area (Å²) in [6, 6.07) is 12.4. The number of carbonyl (C=O) groups is 1. The van der Waals surface area contributed by atoms with E-state index in [1.165, 1.54) is 18.1 Å². The molecule has 4 rings (SSSR count). The Kier molecular flexibility index (Phi) is 5.93. The van der Waals surface area contributed by atoms with Gasteiger partial charge >= 0.3 is 0 Å². The molecule has 1 saturated carbocycles. The standard InChI is InChI=1S/C23H28N2O3/c1-17-14-21(17)22-8-6-20(28-22)7-9-23(26)24-15-18-2-4-19(5-3-18)16-25-10-12-27-13-11-25/h2-9,17,21H,10-16H2,1H3,(H,24,26). The van der Waals surface area contributed by atoms with Crippen LogP contribution in [-0.2, 0) is 22.6 Å². The Hall–Kier alpha value is -2.37. The van der Waals surface area contributed by atoms with Crippen molar-refractivity contribution in [1.82, 2.24) is 10.2 Å². The maximum atomic E-state index is 12.1. The molecule has 1 amide bonds. The van der Waals surface area contributed by atoms with E-state index in [2.05, 4.69) is 41.4 Å². The molecule has 5 heteroatoms. The second kappa shape index (κ2) is 8.76. The summed E-state index contributed by atoms with van der Waals surface area (Å²) in [5.74, 6) is 2.92. The van der Waals surface area contributed by atoms with E-state index >= 15 is 0 Å². The van der Waals surface area contributed by atoms with Gasteiger partial charge in [0, 0.05) is 38.2 Å². The fraction of sp³-hybridized carbons (Fsp3) is 0.435. The van der Waals surface area contributed by atoms with E-state index < -0.39 is 0 Å². The van der Waals surface area contributed by atoms with Crippen LogP contribution in [0.5, 0.6) is 0 Å².